The van der Waals surface area contributed by atoms with Crippen molar-refractivity contribution in [2.45, 2.75) is 56.8 Å². The third-order valence-electron chi connectivity index (χ3n) is 5.35. The van der Waals surface area contributed by atoms with Gasteiger partial charge in [-0.2, -0.15) is 0 Å². The second kappa shape index (κ2) is 12.7. The molecule has 1 aliphatic rings. The number of nitrogens with zero attached hydrogens (tertiary/aromatic N) is 1. The quantitative estimate of drug-likeness (QED) is 0.233. The molecule has 0 aliphatic heterocycles. The average Bonchev–Trinajstić information content (AvgIpc) is 3.62. The first-order valence-electron chi connectivity index (χ1n) is 11.0. The van der Waals surface area contributed by atoms with Crippen LogP contribution in [0.2, 0.25) is 5.02 Å². The zero-order valence-corrected chi connectivity index (χ0v) is 18.7. The summed E-state index contributed by atoms with van der Waals surface area (Å²) < 4.78 is 11.3. The minimum absolute atomic E-state index is 0.143. The van der Waals surface area contributed by atoms with Crippen LogP contribution in [0.15, 0.2) is 47.8 Å². The Hall–Kier alpha value is -2.19. The van der Waals surface area contributed by atoms with Gasteiger partial charge >= 0.3 is 0 Å². The fraction of sp³-hybridized carbons (Fsp3) is 0.500. The van der Waals surface area contributed by atoms with Crippen molar-refractivity contribution in [3.63, 3.8) is 0 Å². The van der Waals surface area contributed by atoms with Crippen molar-refractivity contribution in [1.82, 2.24) is 0 Å². The molecule has 2 aromatic carbocycles. The van der Waals surface area contributed by atoms with Gasteiger partial charge in [0.05, 0.1) is 25.4 Å². The largest absolute Gasteiger partial charge is 0.491 e. The van der Waals surface area contributed by atoms with Crippen LogP contribution in [0.3, 0.4) is 0 Å². The van der Waals surface area contributed by atoms with Crippen LogP contribution in [0.1, 0.15) is 42.4 Å². The number of aliphatic hydroxyl groups excluding tert-OH is 2. The Balaban J connectivity index is 1.48. The highest BCUT2D eigenvalue weighted by molar-refractivity contribution is 6.31. The molecular weight excluding hydrogens is 434 g/mol. The van der Waals surface area contributed by atoms with Crippen LogP contribution in [0.4, 0.5) is 0 Å². The molecular formula is C24H30ClNO6. The van der Waals surface area contributed by atoms with Crippen molar-refractivity contribution in [3.8, 4) is 5.75 Å². The number of hydrogen-bond donors (Lipinski definition) is 2. The molecule has 0 saturated heterocycles. The third-order valence-corrected chi connectivity index (χ3v) is 5.72. The SMILES string of the molecule is O=NOC(CO)CC(O)CCc1ccc(Cl)c(Cc2ccc(OCCOC3CC3)cc2)c1. The van der Waals surface area contributed by atoms with E-state index >= 15 is 0 Å². The number of rotatable bonds is 15. The van der Waals surface area contributed by atoms with Gasteiger partial charge in [0.15, 0.2) is 11.4 Å². The van der Waals surface area contributed by atoms with Gasteiger partial charge in [0, 0.05) is 11.4 Å². The molecule has 0 aromatic heterocycles. The lowest BCUT2D eigenvalue weighted by Gasteiger charge is -2.15. The second-order valence-corrected chi connectivity index (χ2v) is 8.49. The molecule has 2 aromatic rings. The molecule has 0 spiro atoms. The first-order valence-corrected chi connectivity index (χ1v) is 11.3. The summed E-state index contributed by atoms with van der Waals surface area (Å²) in [5.74, 6) is 0.817. The fourth-order valence-electron chi connectivity index (χ4n) is 3.42. The summed E-state index contributed by atoms with van der Waals surface area (Å²) >= 11 is 6.41. The van der Waals surface area contributed by atoms with Crippen LogP contribution < -0.4 is 4.74 Å². The van der Waals surface area contributed by atoms with Gasteiger partial charge in [0.1, 0.15) is 12.4 Å². The molecule has 1 saturated carbocycles. The summed E-state index contributed by atoms with van der Waals surface area (Å²) in [6.45, 7) is 0.795. The summed E-state index contributed by atoms with van der Waals surface area (Å²) in [6.07, 6.45) is 3.20. The molecule has 32 heavy (non-hydrogen) atoms. The fourth-order valence-corrected chi connectivity index (χ4v) is 3.60. The lowest BCUT2D eigenvalue weighted by Crippen LogP contribution is -2.23. The van der Waals surface area contributed by atoms with Gasteiger partial charge in [0.2, 0.25) is 0 Å². The van der Waals surface area contributed by atoms with Crippen molar-refractivity contribution >= 4 is 11.6 Å². The van der Waals surface area contributed by atoms with E-state index in [4.69, 9.17) is 26.2 Å². The van der Waals surface area contributed by atoms with Crippen molar-refractivity contribution in [2.75, 3.05) is 19.8 Å². The molecule has 2 unspecified atom stereocenters. The lowest BCUT2D eigenvalue weighted by atomic mass is 9.98. The average molecular weight is 464 g/mol. The molecule has 0 radical (unpaired) electrons. The van der Waals surface area contributed by atoms with Gasteiger partial charge in [-0.25, -0.2) is 0 Å². The van der Waals surface area contributed by atoms with Crippen LogP contribution in [-0.2, 0) is 22.4 Å². The van der Waals surface area contributed by atoms with Gasteiger partial charge < -0.3 is 24.5 Å². The zero-order chi connectivity index (χ0) is 22.8. The van der Waals surface area contributed by atoms with E-state index in [-0.39, 0.29) is 13.0 Å². The summed E-state index contributed by atoms with van der Waals surface area (Å²) in [5.41, 5.74) is 3.18. The normalized spacial score (nSPS) is 15.2. The molecule has 174 valence electrons. The highest BCUT2D eigenvalue weighted by Gasteiger charge is 2.21. The summed E-state index contributed by atoms with van der Waals surface area (Å²) in [6, 6.07) is 13.8. The zero-order valence-electron chi connectivity index (χ0n) is 18.0. The number of benzene rings is 2. The van der Waals surface area contributed by atoms with Crippen LogP contribution in [0.5, 0.6) is 5.75 Å². The molecule has 0 heterocycles. The van der Waals surface area contributed by atoms with E-state index < -0.39 is 12.2 Å². The molecule has 1 aliphatic carbocycles. The van der Waals surface area contributed by atoms with Gasteiger partial charge in [-0.05, 0) is 67.0 Å². The van der Waals surface area contributed by atoms with Crippen LogP contribution in [-0.4, -0.2) is 48.3 Å². The Morgan fingerprint density at radius 3 is 2.53 bits per heavy atom. The predicted octanol–water partition coefficient (Wildman–Crippen LogP) is 4.23. The molecule has 1 fully saturated rings. The minimum atomic E-state index is -0.791. The molecule has 3 rings (SSSR count). The topological polar surface area (TPSA) is 97.6 Å². The monoisotopic (exact) mass is 463 g/mol. The van der Waals surface area contributed by atoms with E-state index in [9.17, 15) is 10.0 Å². The van der Waals surface area contributed by atoms with E-state index in [1.165, 1.54) is 0 Å². The second-order valence-electron chi connectivity index (χ2n) is 8.08. The standard InChI is InChI=1S/C24H30ClNO6/c25-24-10-4-17(1-5-20(28)15-23(16-27)32-26-29)13-19(24)14-18-2-6-21(7-3-18)30-11-12-31-22-8-9-22/h2-4,6-7,10,13,20,22-23,27-28H,1,5,8-9,11-12,14-16H2. The molecule has 7 nitrogen and oxygen atoms in total. The Morgan fingerprint density at radius 2 is 1.84 bits per heavy atom. The van der Waals surface area contributed by atoms with E-state index in [2.05, 4.69) is 10.2 Å². The summed E-state index contributed by atoms with van der Waals surface area (Å²) in [4.78, 5) is 14.7. The van der Waals surface area contributed by atoms with Crippen molar-refractivity contribution in [2.24, 2.45) is 5.34 Å². The smallest absolute Gasteiger partial charge is 0.156 e. The van der Waals surface area contributed by atoms with Crippen molar-refractivity contribution in [3.05, 3.63) is 69.1 Å². The van der Waals surface area contributed by atoms with Crippen molar-refractivity contribution in [1.29, 1.82) is 0 Å². The molecule has 8 heteroatoms. The summed E-state index contributed by atoms with van der Waals surface area (Å²) in [5, 5.41) is 22.3. The van der Waals surface area contributed by atoms with Crippen LogP contribution in [0.25, 0.3) is 0 Å². The van der Waals surface area contributed by atoms with E-state index in [0.717, 1.165) is 35.3 Å². The maximum absolute atomic E-state index is 10.2. The molecule has 0 bridgehead atoms. The van der Waals surface area contributed by atoms with Crippen molar-refractivity contribution < 1.29 is 24.5 Å². The molecule has 2 atom stereocenters. The first kappa shape index (κ1) is 24.5. The Labute approximate surface area is 193 Å². The number of hydrogen-bond acceptors (Lipinski definition) is 7. The highest BCUT2D eigenvalue weighted by atomic mass is 35.5. The van der Waals surface area contributed by atoms with Gasteiger partial charge in [-0.1, -0.05) is 35.9 Å². The molecule has 0 amide bonds. The number of ether oxygens (including phenoxy) is 2. The number of aryl methyl sites for hydroxylation is 1. The van der Waals surface area contributed by atoms with Gasteiger partial charge in [-0.15, -0.1) is 4.91 Å². The Kier molecular flexibility index (Phi) is 9.74. The maximum atomic E-state index is 10.2. The minimum Gasteiger partial charge on any atom is -0.491 e. The predicted molar refractivity (Wildman–Crippen MR) is 122 cm³/mol. The van der Waals surface area contributed by atoms with Gasteiger partial charge in [-0.3, -0.25) is 0 Å². The van der Waals surface area contributed by atoms with E-state index in [0.29, 0.717) is 43.6 Å². The number of halogens is 1. The Morgan fingerprint density at radius 1 is 1.09 bits per heavy atom. The van der Waals surface area contributed by atoms with E-state index in [1.807, 2.05) is 42.5 Å². The third kappa shape index (κ3) is 8.39. The Bertz CT molecular complexity index is 843. The highest BCUT2D eigenvalue weighted by Crippen LogP contribution is 2.24. The number of aliphatic hydroxyl groups is 2. The van der Waals surface area contributed by atoms with Crippen LogP contribution >= 0.6 is 11.6 Å². The molecule has 2 N–H and O–H groups in total. The lowest BCUT2D eigenvalue weighted by molar-refractivity contribution is -0.0185. The van der Waals surface area contributed by atoms with Crippen LogP contribution in [0, 0.1) is 4.91 Å². The first-order chi connectivity index (χ1) is 15.6. The van der Waals surface area contributed by atoms with Gasteiger partial charge in [0.25, 0.3) is 0 Å². The maximum Gasteiger partial charge on any atom is 0.156 e. The summed E-state index contributed by atoms with van der Waals surface area (Å²) in [7, 11) is 0. The van der Waals surface area contributed by atoms with E-state index in [1.54, 1.807) is 0 Å².